The SMILES string of the molecule is CCSc1ccccc1NC(=O)C(C)Oc1ccccc1CC. The molecule has 0 bridgehead atoms. The van der Waals surface area contributed by atoms with E-state index in [9.17, 15) is 4.79 Å². The summed E-state index contributed by atoms with van der Waals surface area (Å²) < 4.78 is 5.85. The maximum atomic E-state index is 12.4. The molecular weight excluding hydrogens is 306 g/mol. The number of thioether (sulfide) groups is 1. The van der Waals surface area contributed by atoms with Crippen LogP contribution in [0.4, 0.5) is 5.69 Å². The van der Waals surface area contributed by atoms with Crippen molar-refractivity contribution in [3.05, 3.63) is 54.1 Å². The highest BCUT2D eigenvalue weighted by Crippen LogP contribution is 2.27. The van der Waals surface area contributed by atoms with Crippen LogP contribution in [-0.4, -0.2) is 17.8 Å². The topological polar surface area (TPSA) is 38.3 Å². The smallest absolute Gasteiger partial charge is 0.265 e. The molecule has 0 saturated heterocycles. The largest absolute Gasteiger partial charge is 0.481 e. The maximum Gasteiger partial charge on any atom is 0.265 e. The molecule has 122 valence electrons. The van der Waals surface area contributed by atoms with Gasteiger partial charge in [-0.05, 0) is 42.9 Å². The molecule has 0 aliphatic heterocycles. The van der Waals surface area contributed by atoms with Gasteiger partial charge in [0.05, 0.1) is 5.69 Å². The van der Waals surface area contributed by atoms with E-state index in [0.717, 1.165) is 34.1 Å². The molecule has 2 aromatic carbocycles. The Morgan fingerprint density at radius 2 is 1.83 bits per heavy atom. The van der Waals surface area contributed by atoms with Crippen LogP contribution in [0.15, 0.2) is 53.4 Å². The third-order valence-electron chi connectivity index (χ3n) is 3.47. The van der Waals surface area contributed by atoms with Crippen molar-refractivity contribution < 1.29 is 9.53 Å². The van der Waals surface area contributed by atoms with Gasteiger partial charge in [0.2, 0.25) is 0 Å². The molecule has 0 radical (unpaired) electrons. The molecule has 1 amide bonds. The number of amides is 1. The predicted octanol–water partition coefficient (Wildman–Crippen LogP) is 4.77. The molecule has 0 aliphatic carbocycles. The van der Waals surface area contributed by atoms with Crippen molar-refractivity contribution in [1.82, 2.24) is 0 Å². The van der Waals surface area contributed by atoms with Crippen LogP contribution in [-0.2, 0) is 11.2 Å². The molecule has 0 fully saturated rings. The summed E-state index contributed by atoms with van der Waals surface area (Å²) >= 11 is 1.71. The number of hydrogen-bond donors (Lipinski definition) is 1. The number of aryl methyl sites for hydroxylation is 1. The van der Waals surface area contributed by atoms with Gasteiger partial charge in [0.1, 0.15) is 5.75 Å². The number of rotatable bonds is 7. The standard InChI is InChI=1S/C19H23NO2S/c1-4-15-10-6-8-12-17(15)22-14(3)19(21)20-16-11-7-9-13-18(16)23-5-2/h6-14H,4-5H2,1-3H3,(H,20,21). The van der Waals surface area contributed by atoms with Crippen LogP contribution in [0.25, 0.3) is 0 Å². The van der Waals surface area contributed by atoms with Gasteiger partial charge >= 0.3 is 0 Å². The molecule has 1 unspecified atom stereocenters. The Morgan fingerprint density at radius 3 is 2.57 bits per heavy atom. The van der Waals surface area contributed by atoms with Gasteiger partial charge in [-0.3, -0.25) is 4.79 Å². The van der Waals surface area contributed by atoms with E-state index >= 15 is 0 Å². The van der Waals surface area contributed by atoms with E-state index in [4.69, 9.17) is 4.74 Å². The molecule has 4 heteroatoms. The first-order valence-electron chi connectivity index (χ1n) is 7.93. The zero-order valence-electron chi connectivity index (χ0n) is 13.8. The van der Waals surface area contributed by atoms with Gasteiger partial charge in [0, 0.05) is 4.90 Å². The Labute approximate surface area is 142 Å². The summed E-state index contributed by atoms with van der Waals surface area (Å²) in [6.07, 6.45) is 0.322. The van der Waals surface area contributed by atoms with E-state index in [1.54, 1.807) is 18.7 Å². The van der Waals surface area contributed by atoms with Crippen molar-refractivity contribution in [3.8, 4) is 5.75 Å². The second kappa shape index (κ2) is 8.63. The Balaban J connectivity index is 2.06. The lowest BCUT2D eigenvalue weighted by Crippen LogP contribution is -2.30. The number of benzene rings is 2. The predicted molar refractivity (Wildman–Crippen MR) is 97.4 cm³/mol. The fourth-order valence-corrected chi connectivity index (χ4v) is 3.00. The van der Waals surface area contributed by atoms with Crippen LogP contribution in [0, 0.1) is 0 Å². The van der Waals surface area contributed by atoms with Crippen LogP contribution in [0.3, 0.4) is 0 Å². The summed E-state index contributed by atoms with van der Waals surface area (Å²) in [4.78, 5) is 13.5. The first-order valence-corrected chi connectivity index (χ1v) is 8.91. The summed E-state index contributed by atoms with van der Waals surface area (Å²) in [5.41, 5.74) is 1.94. The Hall–Kier alpha value is -1.94. The Kier molecular flexibility index (Phi) is 6.53. The summed E-state index contributed by atoms with van der Waals surface area (Å²) in [6.45, 7) is 5.94. The van der Waals surface area contributed by atoms with Gasteiger partial charge in [0.25, 0.3) is 5.91 Å². The highest BCUT2D eigenvalue weighted by molar-refractivity contribution is 7.99. The zero-order valence-corrected chi connectivity index (χ0v) is 14.7. The number of nitrogens with one attached hydrogen (secondary N) is 1. The van der Waals surface area contributed by atoms with Gasteiger partial charge in [-0.25, -0.2) is 0 Å². The summed E-state index contributed by atoms with van der Waals surface area (Å²) in [5.74, 6) is 1.59. The van der Waals surface area contributed by atoms with E-state index in [1.165, 1.54) is 0 Å². The van der Waals surface area contributed by atoms with Crippen LogP contribution < -0.4 is 10.1 Å². The molecular formula is C19H23NO2S. The second-order valence-corrected chi connectivity index (χ2v) is 6.45. The fourth-order valence-electron chi connectivity index (χ4n) is 2.24. The lowest BCUT2D eigenvalue weighted by atomic mass is 10.1. The zero-order chi connectivity index (χ0) is 16.7. The van der Waals surface area contributed by atoms with Crippen molar-refractivity contribution in [3.63, 3.8) is 0 Å². The summed E-state index contributed by atoms with van der Waals surface area (Å²) in [5, 5.41) is 2.97. The van der Waals surface area contributed by atoms with Gasteiger partial charge in [-0.15, -0.1) is 11.8 Å². The third-order valence-corrected chi connectivity index (χ3v) is 4.43. The molecule has 0 saturated carbocycles. The summed E-state index contributed by atoms with van der Waals surface area (Å²) in [6, 6.07) is 15.7. The maximum absolute atomic E-state index is 12.4. The van der Waals surface area contributed by atoms with Gasteiger partial charge in [0.15, 0.2) is 6.10 Å². The monoisotopic (exact) mass is 329 g/mol. The molecule has 0 heterocycles. The number of carbonyl (C=O) groups is 1. The molecule has 1 N–H and O–H groups in total. The molecule has 2 rings (SSSR count). The van der Waals surface area contributed by atoms with E-state index in [1.807, 2.05) is 48.5 Å². The minimum absolute atomic E-state index is 0.139. The van der Waals surface area contributed by atoms with Crippen LogP contribution in [0.5, 0.6) is 5.75 Å². The van der Waals surface area contributed by atoms with E-state index < -0.39 is 6.10 Å². The average molecular weight is 329 g/mol. The van der Waals surface area contributed by atoms with Crippen molar-refractivity contribution >= 4 is 23.4 Å². The van der Waals surface area contributed by atoms with Gasteiger partial charge < -0.3 is 10.1 Å². The first-order chi connectivity index (χ1) is 11.2. The molecule has 3 nitrogen and oxygen atoms in total. The normalized spacial score (nSPS) is 11.8. The molecule has 0 aromatic heterocycles. The van der Waals surface area contributed by atoms with Crippen molar-refractivity contribution in [2.45, 2.75) is 38.2 Å². The molecule has 0 aliphatic rings. The van der Waals surface area contributed by atoms with E-state index in [2.05, 4.69) is 19.2 Å². The fraction of sp³-hybridized carbons (Fsp3) is 0.316. The highest BCUT2D eigenvalue weighted by atomic mass is 32.2. The van der Waals surface area contributed by atoms with Crippen molar-refractivity contribution in [2.75, 3.05) is 11.1 Å². The minimum Gasteiger partial charge on any atom is -0.481 e. The number of anilines is 1. The highest BCUT2D eigenvalue weighted by Gasteiger charge is 2.17. The van der Waals surface area contributed by atoms with Gasteiger partial charge in [-0.2, -0.15) is 0 Å². The van der Waals surface area contributed by atoms with E-state index in [0.29, 0.717) is 0 Å². The Bertz CT molecular complexity index is 657. The lowest BCUT2D eigenvalue weighted by Gasteiger charge is -2.18. The van der Waals surface area contributed by atoms with E-state index in [-0.39, 0.29) is 5.91 Å². The molecule has 0 spiro atoms. The average Bonchev–Trinajstić information content (AvgIpc) is 2.57. The van der Waals surface area contributed by atoms with Crippen LogP contribution >= 0.6 is 11.8 Å². The third kappa shape index (κ3) is 4.76. The first kappa shape index (κ1) is 17.4. The molecule has 2 aromatic rings. The number of hydrogen-bond acceptors (Lipinski definition) is 3. The minimum atomic E-state index is -0.553. The van der Waals surface area contributed by atoms with Crippen LogP contribution in [0.1, 0.15) is 26.3 Å². The number of para-hydroxylation sites is 2. The number of ether oxygens (including phenoxy) is 1. The molecule has 1 atom stereocenters. The van der Waals surface area contributed by atoms with Gasteiger partial charge in [-0.1, -0.05) is 44.2 Å². The van der Waals surface area contributed by atoms with Crippen LogP contribution in [0.2, 0.25) is 0 Å². The Morgan fingerprint density at radius 1 is 1.13 bits per heavy atom. The van der Waals surface area contributed by atoms with Crippen molar-refractivity contribution in [1.29, 1.82) is 0 Å². The quantitative estimate of drug-likeness (QED) is 0.744. The summed E-state index contributed by atoms with van der Waals surface area (Å²) in [7, 11) is 0. The van der Waals surface area contributed by atoms with Crippen molar-refractivity contribution in [2.24, 2.45) is 0 Å². The lowest BCUT2D eigenvalue weighted by molar-refractivity contribution is -0.122. The second-order valence-electron chi connectivity index (χ2n) is 5.14. The molecule has 23 heavy (non-hydrogen) atoms. The number of carbonyl (C=O) groups excluding carboxylic acids is 1.